The molecule has 1 aliphatic carbocycles. The maximum Gasteiger partial charge on any atom is 0.127 e. The molecule has 0 spiro atoms. The molecule has 0 heterocycles. The monoisotopic (exact) mass is 250 g/mol. The van der Waals surface area contributed by atoms with Crippen LogP contribution in [0.1, 0.15) is 37.7 Å². The van der Waals surface area contributed by atoms with Gasteiger partial charge in [0.2, 0.25) is 0 Å². The number of nitrogens with zero attached hydrogens (tertiary/aromatic N) is 1. The third-order valence-electron chi connectivity index (χ3n) is 3.84. The van der Waals surface area contributed by atoms with E-state index in [2.05, 4.69) is 4.90 Å². The molecule has 0 aliphatic heterocycles. The highest BCUT2D eigenvalue weighted by Crippen LogP contribution is 2.24. The van der Waals surface area contributed by atoms with E-state index in [1.54, 1.807) is 6.07 Å². The Hall–Kier alpha value is -0.930. The van der Waals surface area contributed by atoms with Crippen LogP contribution in [0.25, 0.3) is 0 Å². The van der Waals surface area contributed by atoms with Crippen LogP contribution in [-0.4, -0.2) is 24.0 Å². The Labute approximate surface area is 109 Å². The zero-order valence-corrected chi connectivity index (χ0v) is 10.9. The van der Waals surface area contributed by atoms with Crippen molar-refractivity contribution >= 4 is 0 Å². The van der Waals surface area contributed by atoms with E-state index in [9.17, 15) is 4.39 Å². The predicted octanol–water partition coefficient (Wildman–Crippen LogP) is 2.92. The molecule has 1 aliphatic rings. The summed E-state index contributed by atoms with van der Waals surface area (Å²) < 4.78 is 13.7. The molecule has 1 saturated carbocycles. The molecular formula is C15H23FN2. The zero-order valence-electron chi connectivity index (χ0n) is 10.9. The van der Waals surface area contributed by atoms with Gasteiger partial charge in [-0.2, -0.15) is 0 Å². The van der Waals surface area contributed by atoms with Crippen molar-refractivity contribution in [3.8, 4) is 0 Å². The normalized spacial score (nSPS) is 17.3. The first-order chi connectivity index (χ1) is 8.81. The standard InChI is InChI=1S/C15H23FN2/c16-15-9-5-4-6-13(15)12-18(11-10-17)14-7-2-1-3-8-14/h4-6,9,14H,1-3,7-8,10-12,17H2. The summed E-state index contributed by atoms with van der Waals surface area (Å²) in [6.07, 6.45) is 6.39. The summed E-state index contributed by atoms with van der Waals surface area (Å²) in [4.78, 5) is 2.36. The Bertz CT molecular complexity index is 361. The average molecular weight is 250 g/mol. The topological polar surface area (TPSA) is 29.3 Å². The second kappa shape index (κ2) is 6.86. The van der Waals surface area contributed by atoms with Crippen LogP contribution in [0.3, 0.4) is 0 Å². The van der Waals surface area contributed by atoms with Gasteiger partial charge >= 0.3 is 0 Å². The van der Waals surface area contributed by atoms with E-state index in [0.29, 0.717) is 19.1 Å². The van der Waals surface area contributed by atoms with Crippen molar-refractivity contribution in [3.63, 3.8) is 0 Å². The molecule has 0 bridgehead atoms. The van der Waals surface area contributed by atoms with Crippen LogP contribution in [0.15, 0.2) is 24.3 Å². The molecule has 0 atom stereocenters. The molecule has 1 aromatic rings. The third-order valence-corrected chi connectivity index (χ3v) is 3.84. The molecule has 0 amide bonds. The predicted molar refractivity (Wildman–Crippen MR) is 72.7 cm³/mol. The van der Waals surface area contributed by atoms with Gasteiger partial charge in [0.25, 0.3) is 0 Å². The molecule has 1 aromatic carbocycles. The van der Waals surface area contributed by atoms with Crippen molar-refractivity contribution in [2.45, 2.75) is 44.7 Å². The molecule has 100 valence electrons. The zero-order chi connectivity index (χ0) is 12.8. The number of hydrogen-bond acceptors (Lipinski definition) is 2. The largest absolute Gasteiger partial charge is 0.329 e. The first kappa shape index (κ1) is 13.5. The minimum atomic E-state index is -0.102. The number of benzene rings is 1. The summed E-state index contributed by atoms with van der Waals surface area (Å²) in [6.45, 7) is 2.19. The molecule has 0 unspecified atom stereocenters. The molecule has 0 aromatic heterocycles. The van der Waals surface area contributed by atoms with Gasteiger partial charge in [0.1, 0.15) is 5.82 Å². The molecule has 18 heavy (non-hydrogen) atoms. The number of hydrogen-bond donors (Lipinski definition) is 1. The van der Waals surface area contributed by atoms with E-state index >= 15 is 0 Å². The van der Waals surface area contributed by atoms with Gasteiger partial charge in [-0.1, -0.05) is 37.5 Å². The van der Waals surface area contributed by atoms with Gasteiger partial charge < -0.3 is 5.73 Å². The van der Waals surface area contributed by atoms with E-state index in [0.717, 1.165) is 12.1 Å². The number of halogens is 1. The maximum absolute atomic E-state index is 13.7. The molecule has 2 rings (SSSR count). The van der Waals surface area contributed by atoms with E-state index in [1.165, 1.54) is 38.2 Å². The van der Waals surface area contributed by atoms with Crippen molar-refractivity contribution in [1.29, 1.82) is 0 Å². The first-order valence-corrected chi connectivity index (χ1v) is 6.99. The second-order valence-electron chi connectivity index (χ2n) is 5.14. The summed E-state index contributed by atoms with van der Waals surface area (Å²) in [5.41, 5.74) is 6.48. The van der Waals surface area contributed by atoms with E-state index in [-0.39, 0.29) is 5.82 Å². The van der Waals surface area contributed by atoms with Gasteiger partial charge in [-0.3, -0.25) is 4.90 Å². The van der Waals surface area contributed by atoms with Gasteiger partial charge in [0, 0.05) is 31.2 Å². The Balaban J connectivity index is 2.03. The Morgan fingerprint density at radius 1 is 1.17 bits per heavy atom. The molecule has 2 N–H and O–H groups in total. The Morgan fingerprint density at radius 3 is 2.56 bits per heavy atom. The molecule has 0 radical (unpaired) electrons. The minimum Gasteiger partial charge on any atom is -0.329 e. The molecule has 1 fully saturated rings. The quantitative estimate of drug-likeness (QED) is 0.870. The highest BCUT2D eigenvalue weighted by molar-refractivity contribution is 5.17. The van der Waals surface area contributed by atoms with E-state index in [1.807, 2.05) is 12.1 Å². The van der Waals surface area contributed by atoms with Gasteiger partial charge in [-0.25, -0.2) is 4.39 Å². The fourth-order valence-electron chi connectivity index (χ4n) is 2.85. The van der Waals surface area contributed by atoms with Crippen molar-refractivity contribution < 1.29 is 4.39 Å². The van der Waals surface area contributed by atoms with Crippen LogP contribution in [0.2, 0.25) is 0 Å². The van der Waals surface area contributed by atoms with Crippen molar-refractivity contribution in [2.24, 2.45) is 5.73 Å². The van der Waals surface area contributed by atoms with Crippen molar-refractivity contribution in [2.75, 3.05) is 13.1 Å². The maximum atomic E-state index is 13.7. The molecular weight excluding hydrogens is 227 g/mol. The van der Waals surface area contributed by atoms with Crippen molar-refractivity contribution in [1.82, 2.24) is 4.90 Å². The Morgan fingerprint density at radius 2 is 1.89 bits per heavy atom. The molecule has 0 saturated heterocycles. The summed E-state index contributed by atoms with van der Waals surface area (Å²) in [5.74, 6) is -0.102. The number of nitrogens with two attached hydrogens (primary N) is 1. The minimum absolute atomic E-state index is 0.102. The second-order valence-corrected chi connectivity index (χ2v) is 5.14. The summed E-state index contributed by atoms with van der Waals surface area (Å²) in [6, 6.07) is 7.65. The van der Waals surface area contributed by atoms with Crippen LogP contribution in [0.5, 0.6) is 0 Å². The lowest BCUT2D eigenvalue weighted by molar-refractivity contribution is 0.150. The van der Waals surface area contributed by atoms with Gasteiger partial charge in [-0.05, 0) is 18.9 Å². The van der Waals surface area contributed by atoms with Gasteiger partial charge in [-0.15, -0.1) is 0 Å². The van der Waals surface area contributed by atoms with Crippen molar-refractivity contribution in [3.05, 3.63) is 35.6 Å². The SMILES string of the molecule is NCCN(Cc1ccccc1F)C1CCCCC1. The highest BCUT2D eigenvalue weighted by atomic mass is 19.1. The average Bonchev–Trinajstić information content (AvgIpc) is 2.42. The molecule has 2 nitrogen and oxygen atoms in total. The third kappa shape index (κ3) is 3.53. The van der Waals surface area contributed by atoms with Gasteiger partial charge in [0.05, 0.1) is 0 Å². The van der Waals surface area contributed by atoms with E-state index in [4.69, 9.17) is 5.73 Å². The summed E-state index contributed by atoms with van der Waals surface area (Å²) in [7, 11) is 0. The van der Waals surface area contributed by atoms with Crippen LogP contribution >= 0.6 is 0 Å². The Kier molecular flexibility index (Phi) is 5.14. The fraction of sp³-hybridized carbons (Fsp3) is 0.600. The summed E-state index contributed by atoms with van der Waals surface area (Å²) in [5, 5.41) is 0. The molecule has 3 heteroatoms. The van der Waals surface area contributed by atoms with Crippen LogP contribution < -0.4 is 5.73 Å². The fourth-order valence-corrected chi connectivity index (χ4v) is 2.85. The lowest BCUT2D eigenvalue weighted by Gasteiger charge is -2.34. The van der Waals surface area contributed by atoms with Gasteiger partial charge in [0.15, 0.2) is 0 Å². The van der Waals surface area contributed by atoms with Crippen LogP contribution in [0.4, 0.5) is 4.39 Å². The van der Waals surface area contributed by atoms with Crippen LogP contribution in [-0.2, 0) is 6.54 Å². The smallest absolute Gasteiger partial charge is 0.127 e. The van der Waals surface area contributed by atoms with E-state index < -0.39 is 0 Å². The number of rotatable bonds is 5. The van der Waals surface area contributed by atoms with Crippen LogP contribution in [0, 0.1) is 5.82 Å². The highest BCUT2D eigenvalue weighted by Gasteiger charge is 2.21. The first-order valence-electron chi connectivity index (χ1n) is 6.99. The lowest BCUT2D eigenvalue weighted by atomic mass is 9.94. The summed E-state index contributed by atoms with van der Waals surface area (Å²) >= 11 is 0. The lowest BCUT2D eigenvalue weighted by Crippen LogP contribution is -2.39.